The number of hydrogen-bond acceptors (Lipinski definition) is 6. The number of thiophene rings is 1. The van der Waals surface area contributed by atoms with Crippen LogP contribution in [-0.4, -0.2) is 23.1 Å². The van der Waals surface area contributed by atoms with Gasteiger partial charge in [-0.3, -0.25) is 4.79 Å². The van der Waals surface area contributed by atoms with Gasteiger partial charge in [-0.25, -0.2) is 4.98 Å². The highest BCUT2D eigenvalue weighted by molar-refractivity contribution is 7.13. The van der Waals surface area contributed by atoms with E-state index in [0.29, 0.717) is 5.69 Å². The summed E-state index contributed by atoms with van der Waals surface area (Å²) in [4.78, 5) is 17.0. The summed E-state index contributed by atoms with van der Waals surface area (Å²) in [5, 5.41) is 15.4. The first-order valence-corrected chi connectivity index (χ1v) is 7.06. The Bertz CT molecular complexity index is 524. The van der Waals surface area contributed by atoms with E-state index >= 15 is 0 Å². The molecule has 2 aromatic rings. The summed E-state index contributed by atoms with van der Waals surface area (Å²) < 4.78 is 0. The van der Waals surface area contributed by atoms with Crippen molar-refractivity contribution in [2.75, 3.05) is 11.9 Å². The molecule has 2 rings (SSSR count). The lowest BCUT2D eigenvalue weighted by atomic mass is 10.2. The van der Waals surface area contributed by atoms with E-state index in [4.69, 9.17) is 10.8 Å². The highest BCUT2D eigenvalue weighted by atomic mass is 32.1. The van der Waals surface area contributed by atoms with E-state index in [1.165, 1.54) is 16.9 Å². The largest absolute Gasteiger partial charge is 0.480 e. The van der Waals surface area contributed by atoms with Gasteiger partial charge < -0.3 is 15.7 Å². The van der Waals surface area contributed by atoms with Crippen molar-refractivity contribution in [2.24, 2.45) is 5.73 Å². The van der Waals surface area contributed by atoms with Crippen molar-refractivity contribution in [3.05, 3.63) is 33.5 Å². The fraction of sp³-hybridized carbons (Fsp3) is 0.273. The molecule has 0 aliphatic rings. The minimum Gasteiger partial charge on any atom is -0.480 e. The molecule has 7 heteroatoms. The first-order chi connectivity index (χ1) is 8.58. The quantitative estimate of drug-likeness (QED) is 0.876. The number of nitrogens with zero attached hydrogens (tertiary/aromatic N) is 2. The lowest BCUT2D eigenvalue weighted by Gasteiger charge is -2.14. The fourth-order valence-electron chi connectivity index (χ4n) is 1.45. The van der Waals surface area contributed by atoms with Gasteiger partial charge in [-0.2, -0.15) is 11.3 Å². The van der Waals surface area contributed by atoms with Crippen molar-refractivity contribution in [3.63, 3.8) is 0 Å². The van der Waals surface area contributed by atoms with Crippen LogP contribution in [0, 0.1) is 0 Å². The predicted octanol–water partition coefficient (Wildman–Crippen LogP) is 1.93. The summed E-state index contributed by atoms with van der Waals surface area (Å²) in [5.41, 5.74) is 7.13. The van der Waals surface area contributed by atoms with Gasteiger partial charge in [0, 0.05) is 19.0 Å². The Balaban J connectivity index is 2.07. The maximum absolute atomic E-state index is 10.8. The van der Waals surface area contributed by atoms with Gasteiger partial charge >= 0.3 is 5.97 Å². The van der Waals surface area contributed by atoms with E-state index in [9.17, 15) is 4.79 Å². The Morgan fingerprint density at radius 1 is 1.61 bits per heavy atom. The van der Waals surface area contributed by atoms with Gasteiger partial charge in [0.15, 0.2) is 5.13 Å². The summed E-state index contributed by atoms with van der Waals surface area (Å²) in [6.07, 6.45) is 0. The molecule has 5 nitrogen and oxygen atoms in total. The Hall–Kier alpha value is -1.44. The molecule has 1 unspecified atom stereocenters. The number of rotatable bonds is 5. The molecule has 0 spiro atoms. The third-order valence-electron chi connectivity index (χ3n) is 2.42. The number of anilines is 1. The monoisotopic (exact) mass is 283 g/mol. The summed E-state index contributed by atoms with van der Waals surface area (Å²) >= 11 is 3.05. The zero-order chi connectivity index (χ0) is 13.1. The maximum Gasteiger partial charge on any atom is 0.326 e. The van der Waals surface area contributed by atoms with Gasteiger partial charge in [-0.05, 0) is 22.4 Å². The first-order valence-electron chi connectivity index (χ1n) is 5.24. The fourth-order valence-corrected chi connectivity index (χ4v) is 2.93. The van der Waals surface area contributed by atoms with Gasteiger partial charge in [0.25, 0.3) is 0 Å². The van der Waals surface area contributed by atoms with E-state index in [1.807, 2.05) is 17.3 Å². The molecular weight excluding hydrogens is 270 g/mol. The molecular formula is C11H13N3O2S2. The van der Waals surface area contributed by atoms with Crippen molar-refractivity contribution < 1.29 is 9.90 Å². The van der Waals surface area contributed by atoms with E-state index in [2.05, 4.69) is 16.4 Å². The van der Waals surface area contributed by atoms with Crippen molar-refractivity contribution in [3.8, 4) is 0 Å². The van der Waals surface area contributed by atoms with Crippen molar-refractivity contribution in [1.82, 2.24) is 4.98 Å². The molecule has 18 heavy (non-hydrogen) atoms. The van der Waals surface area contributed by atoms with Crippen molar-refractivity contribution in [2.45, 2.75) is 12.6 Å². The van der Waals surface area contributed by atoms with Crippen LogP contribution in [0.1, 0.15) is 17.3 Å². The van der Waals surface area contributed by atoms with Crippen LogP contribution in [0.15, 0.2) is 22.2 Å². The maximum atomic E-state index is 10.8. The van der Waals surface area contributed by atoms with E-state index < -0.39 is 12.0 Å². The first kappa shape index (κ1) is 13.0. The van der Waals surface area contributed by atoms with Crippen LogP contribution < -0.4 is 10.6 Å². The standard InChI is InChI=1S/C11H13N3O2S2/c1-14(4-7-2-3-17-5-7)11-13-8(6-18-11)9(12)10(15)16/h2-3,5-6,9H,4,12H2,1H3,(H,15,16). The van der Waals surface area contributed by atoms with Crippen LogP contribution in [0.25, 0.3) is 0 Å². The minimum atomic E-state index is -1.06. The molecule has 0 radical (unpaired) electrons. The number of nitrogens with two attached hydrogens (primary N) is 1. The average Bonchev–Trinajstić information content (AvgIpc) is 2.97. The summed E-state index contributed by atoms with van der Waals surface area (Å²) in [6.45, 7) is 0.749. The van der Waals surface area contributed by atoms with Crippen LogP contribution in [-0.2, 0) is 11.3 Å². The lowest BCUT2D eigenvalue weighted by molar-refractivity contribution is -0.138. The third kappa shape index (κ3) is 2.87. The van der Waals surface area contributed by atoms with Crippen LogP contribution in [0.3, 0.4) is 0 Å². The Morgan fingerprint density at radius 2 is 2.39 bits per heavy atom. The molecule has 0 aliphatic heterocycles. The van der Waals surface area contributed by atoms with Crippen LogP contribution >= 0.6 is 22.7 Å². The van der Waals surface area contributed by atoms with Crippen LogP contribution in [0.2, 0.25) is 0 Å². The zero-order valence-electron chi connectivity index (χ0n) is 9.74. The molecule has 2 aromatic heterocycles. The molecule has 0 amide bonds. The van der Waals surface area contributed by atoms with Crippen LogP contribution in [0.5, 0.6) is 0 Å². The Morgan fingerprint density at radius 3 is 3.00 bits per heavy atom. The molecule has 96 valence electrons. The molecule has 1 atom stereocenters. The van der Waals surface area contributed by atoms with Crippen molar-refractivity contribution >= 4 is 33.8 Å². The molecule has 3 N–H and O–H groups in total. The number of carbonyl (C=O) groups is 1. The second kappa shape index (κ2) is 5.47. The van der Waals surface area contributed by atoms with E-state index in [0.717, 1.165) is 11.7 Å². The molecule has 0 saturated heterocycles. The summed E-state index contributed by atoms with van der Waals surface area (Å²) in [6, 6.07) is 1.00. The lowest BCUT2D eigenvalue weighted by Crippen LogP contribution is -2.21. The number of thiazole rings is 1. The third-order valence-corrected chi connectivity index (χ3v) is 4.13. The second-order valence-electron chi connectivity index (χ2n) is 3.86. The number of aromatic nitrogens is 1. The highest BCUT2D eigenvalue weighted by Crippen LogP contribution is 2.24. The average molecular weight is 283 g/mol. The molecule has 2 heterocycles. The van der Waals surface area contributed by atoms with E-state index in [1.54, 1.807) is 16.7 Å². The Labute approximate surface area is 113 Å². The van der Waals surface area contributed by atoms with Gasteiger partial charge in [0.2, 0.25) is 0 Å². The highest BCUT2D eigenvalue weighted by Gasteiger charge is 2.18. The molecule has 0 bridgehead atoms. The normalized spacial score (nSPS) is 12.3. The van der Waals surface area contributed by atoms with Crippen LogP contribution in [0.4, 0.5) is 5.13 Å². The zero-order valence-corrected chi connectivity index (χ0v) is 11.4. The molecule has 0 aromatic carbocycles. The summed E-state index contributed by atoms with van der Waals surface area (Å²) in [5.74, 6) is -1.06. The molecule has 0 aliphatic carbocycles. The number of aliphatic carboxylic acids is 1. The predicted molar refractivity (Wildman–Crippen MR) is 73.1 cm³/mol. The van der Waals surface area contributed by atoms with Gasteiger partial charge in [-0.15, -0.1) is 11.3 Å². The number of carboxylic acids is 1. The number of carboxylic acid groups (broad SMARTS) is 1. The molecule has 0 fully saturated rings. The van der Waals surface area contributed by atoms with Gasteiger partial charge in [-0.1, -0.05) is 0 Å². The van der Waals surface area contributed by atoms with Crippen molar-refractivity contribution in [1.29, 1.82) is 0 Å². The second-order valence-corrected chi connectivity index (χ2v) is 5.48. The Kier molecular flexibility index (Phi) is 3.95. The van der Waals surface area contributed by atoms with Gasteiger partial charge in [0.1, 0.15) is 6.04 Å². The minimum absolute atomic E-state index is 0.402. The van der Waals surface area contributed by atoms with Gasteiger partial charge in [0.05, 0.1) is 5.69 Å². The SMILES string of the molecule is CN(Cc1ccsc1)c1nc(C(N)C(=O)O)cs1. The van der Waals surface area contributed by atoms with E-state index in [-0.39, 0.29) is 0 Å². The topological polar surface area (TPSA) is 79.5 Å². The molecule has 0 saturated carbocycles. The smallest absolute Gasteiger partial charge is 0.326 e. The number of hydrogen-bond donors (Lipinski definition) is 2. The summed E-state index contributed by atoms with van der Waals surface area (Å²) in [7, 11) is 1.92.